The van der Waals surface area contributed by atoms with Gasteiger partial charge in [0.15, 0.2) is 0 Å². The number of halogens is 1. The molecule has 3 rings (SSSR count). The summed E-state index contributed by atoms with van der Waals surface area (Å²) in [6, 6.07) is 7.00. The van der Waals surface area contributed by atoms with Crippen LogP contribution in [0.25, 0.3) is 16.6 Å². The second-order valence-electron chi connectivity index (χ2n) is 5.16. The van der Waals surface area contributed by atoms with Gasteiger partial charge < -0.3 is 5.32 Å². The standard InChI is InChI=1S/C16H15ClN4O2/c1-10-13(6-7-18-9-22)15-14(8-19-10)16(23)21(20-15)12-4-2-11(17)3-5-12/h2-5,8-9,20H,6-7H2,1H3,(H,18,22). The van der Waals surface area contributed by atoms with Gasteiger partial charge in [-0.25, -0.2) is 4.68 Å². The van der Waals surface area contributed by atoms with Crippen LogP contribution in [0.2, 0.25) is 5.02 Å². The molecule has 0 aliphatic carbocycles. The summed E-state index contributed by atoms with van der Waals surface area (Å²) in [4.78, 5) is 27.3. The second-order valence-corrected chi connectivity index (χ2v) is 5.60. The van der Waals surface area contributed by atoms with Crippen LogP contribution in [0.4, 0.5) is 0 Å². The maximum atomic E-state index is 12.6. The molecule has 6 nitrogen and oxygen atoms in total. The van der Waals surface area contributed by atoms with E-state index in [1.54, 1.807) is 30.5 Å². The lowest BCUT2D eigenvalue weighted by molar-refractivity contribution is -0.109. The summed E-state index contributed by atoms with van der Waals surface area (Å²) in [5.74, 6) is 0. The van der Waals surface area contributed by atoms with E-state index in [1.807, 2.05) is 6.92 Å². The molecule has 0 atom stereocenters. The monoisotopic (exact) mass is 330 g/mol. The third-order valence-electron chi connectivity index (χ3n) is 3.74. The minimum Gasteiger partial charge on any atom is -0.358 e. The molecule has 7 heteroatoms. The van der Waals surface area contributed by atoms with Crippen molar-refractivity contribution in [3.8, 4) is 5.69 Å². The van der Waals surface area contributed by atoms with Gasteiger partial charge in [0, 0.05) is 29.0 Å². The number of nitrogens with zero attached hydrogens (tertiary/aromatic N) is 2. The molecule has 2 aromatic heterocycles. The van der Waals surface area contributed by atoms with Crippen molar-refractivity contribution in [1.82, 2.24) is 20.1 Å². The van der Waals surface area contributed by atoms with E-state index in [4.69, 9.17) is 11.6 Å². The molecule has 3 aromatic rings. The Kier molecular flexibility index (Phi) is 4.16. The predicted octanol–water partition coefficient (Wildman–Crippen LogP) is 1.96. The van der Waals surface area contributed by atoms with E-state index in [-0.39, 0.29) is 5.56 Å². The molecule has 0 spiro atoms. The minimum atomic E-state index is -0.167. The zero-order valence-corrected chi connectivity index (χ0v) is 13.2. The minimum absolute atomic E-state index is 0.167. The first-order valence-corrected chi connectivity index (χ1v) is 7.52. The topological polar surface area (TPSA) is 79.8 Å². The fourth-order valence-corrected chi connectivity index (χ4v) is 2.68. The van der Waals surface area contributed by atoms with E-state index in [2.05, 4.69) is 15.4 Å². The summed E-state index contributed by atoms with van der Waals surface area (Å²) in [6.07, 6.45) is 2.83. The fourth-order valence-electron chi connectivity index (χ4n) is 2.55. The number of hydrogen-bond acceptors (Lipinski definition) is 3. The first-order chi connectivity index (χ1) is 11.1. The highest BCUT2D eigenvalue weighted by Crippen LogP contribution is 2.19. The number of aromatic amines is 1. The van der Waals surface area contributed by atoms with Crippen LogP contribution in [0, 0.1) is 6.92 Å². The number of H-pyrrole nitrogens is 1. The fraction of sp³-hybridized carbons (Fsp3) is 0.188. The third-order valence-corrected chi connectivity index (χ3v) is 3.99. The lowest BCUT2D eigenvalue weighted by atomic mass is 10.1. The molecular formula is C16H15ClN4O2. The number of rotatable bonds is 5. The van der Waals surface area contributed by atoms with Crippen molar-refractivity contribution in [3.05, 3.63) is 57.1 Å². The Morgan fingerprint density at radius 1 is 1.35 bits per heavy atom. The number of nitrogens with one attached hydrogen (secondary N) is 2. The molecule has 0 unspecified atom stereocenters. The quantitative estimate of drug-likeness (QED) is 0.554. The Hall–Kier alpha value is -2.60. The molecule has 0 radical (unpaired) electrons. The average molecular weight is 331 g/mol. The zero-order valence-electron chi connectivity index (χ0n) is 12.5. The molecule has 23 heavy (non-hydrogen) atoms. The summed E-state index contributed by atoms with van der Waals surface area (Å²) in [5.41, 5.74) is 3.02. The third kappa shape index (κ3) is 2.85. The van der Waals surface area contributed by atoms with Gasteiger partial charge in [0.25, 0.3) is 5.56 Å². The van der Waals surface area contributed by atoms with Crippen molar-refractivity contribution >= 4 is 28.9 Å². The van der Waals surface area contributed by atoms with E-state index in [9.17, 15) is 9.59 Å². The number of carbonyl (C=O) groups excluding carboxylic acids is 1. The van der Waals surface area contributed by atoms with E-state index in [1.165, 1.54) is 4.68 Å². The van der Waals surface area contributed by atoms with Crippen molar-refractivity contribution in [2.75, 3.05) is 6.54 Å². The molecule has 1 amide bonds. The van der Waals surface area contributed by atoms with E-state index in [0.29, 0.717) is 35.5 Å². The van der Waals surface area contributed by atoms with Gasteiger partial charge in [-0.2, -0.15) is 0 Å². The molecule has 0 fully saturated rings. The maximum Gasteiger partial charge on any atom is 0.280 e. The van der Waals surface area contributed by atoms with Crippen LogP contribution < -0.4 is 10.9 Å². The van der Waals surface area contributed by atoms with Crippen LogP contribution in [0.3, 0.4) is 0 Å². The average Bonchev–Trinajstić information content (AvgIpc) is 2.88. The molecular weight excluding hydrogens is 316 g/mol. The normalized spacial score (nSPS) is 10.9. The molecule has 2 heterocycles. The highest BCUT2D eigenvalue weighted by molar-refractivity contribution is 6.30. The van der Waals surface area contributed by atoms with Gasteiger partial charge in [-0.05, 0) is 37.6 Å². The number of aromatic nitrogens is 3. The Morgan fingerprint density at radius 3 is 2.78 bits per heavy atom. The number of fused-ring (bicyclic) bond motifs is 1. The van der Waals surface area contributed by atoms with Gasteiger partial charge in [0.1, 0.15) is 0 Å². The second kappa shape index (κ2) is 6.26. The van der Waals surface area contributed by atoms with Crippen LogP contribution in [0.5, 0.6) is 0 Å². The van der Waals surface area contributed by atoms with Crippen molar-refractivity contribution < 1.29 is 4.79 Å². The Balaban J connectivity index is 2.13. The first-order valence-electron chi connectivity index (χ1n) is 7.14. The number of aryl methyl sites for hydroxylation is 1. The van der Waals surface area contributed by atoms with E-state index in [0.717, 1.165) is 16.8 Å². The number of amides is 1. The summed E-state index contributed by atoms with van der Waals surface area (Å²) < 4.78 is 1.47. The summed E-state index contributed by atoms with van der Waals surface area (Å²) in [6.45, 7) is 2.37. The molecule has 0 bridgehead atoms. The van der Waals surface area contributed by atoms with E-state index >= 15 is 0 Å². The molecule has 0 aliphatic rings. The van der Waals surface area contributed by atoms with Gasteiger partial charge in [0.2, 0.25) is 6.41 Å². The zero-order chi connectivity index (χ0) is 16.4. The number of hydrogen-bond donors (Lipinski definition) is 2. The van der Waals surface area contributed by atoms with Gasteiger partial charge in [-0.1, -0.05) is 11.6 Å². The van der Waals surface area contributed by atoms with Crippen molar-refractivity contribution in [3.63, 3.8) is 0 Å². The smallest absolute Gasteiger partial charge is 0.280 e. The van der Waals surface area contributed by atoms with Crippen molar-refractivity contribution in [2.24, 2.45) is 0 Å². The largest absolute Gasteiger partial charge is 0.358 e. The molecule has 0 saturated carbocycles. The molecule has 0 aliphatic heterocycles. The van der Waals surface area contributed by atoms with Crippen molar-refractivity contribution in [1.29, 1.82) is 0 Å². The van der Waals surface area contributed by atoms with Gasteiger partial charge in [-0.15, -0.1) is 0 Å². The highest BCUT2D eigenvalue weighted by atomic mass is 35.5. The Bertz CT molecular complexity index is 912. The molecule has 0 saturated heterocycles. The summed E-state index contributed by atoms with van der Waals surface area (Å²) in [7, 11) is 0. The van der Waals surface area contributed by atoms with Gasteiger partial charge in [0.05, 0.1) is 16.6 Å². The molecule has 118 valence electrons. The van der Waals surface area contributed by atoms with Gasteiger partial charge in [-0.3, -0.25) is 19.7 Å². The van der Waals surface area contributed by atoms with Crippen LogP contribution in [-0.2, 0) is 11.2 Å². The van der Waals surface area contributed by atoms with Crippen molar-refractivity contribution in [2.45, 2.75) is 13.3 Å². The predicted molar refractivity (Wildman–Crippen MR) is 89.2 cm³/mol. The van der Waals surface area contributed by atoms with Crippen LogP contribution in [0.15, 0.2) is 35.3 Å². The van der Waals surface area contributed by atoms with Crippen LogP contribution in [-0.4, -0.2) is 27.7 Å². The van der Waals surface area contributed by atoms with Crippen LogP contribution in [0.1, 0.15) is 11.3 Å². The lowest BCUT2D eigenvalue weighted by Crippen LogP contribution is -2.15. The Labute approximate surface area is 137 Å². The SMILES string of the molecule is Cc1ncc2c(=O)n(-c3ccc(Cl)cc3)[nH]c2c1CCNC=O. The van der Waals surface area contributed by atoms with Gasteiger partial charge >= 0.3 is 0 Å². The number of benzene rings is 1. The summed E-state index contributed by atoms with van der Waals surface area (Å²) >= 11 is 5.89. The number of carbonyl (C=O) groups is 1. The lowest BCUT2D eigenvalue weighted by Gasteiger charge is -2.06. The molecule has 1 aromatic carbocycles. The van der Waals surface area contributed by atoms with Crippen LogP contribution >= 0.6 is 11.6 Å². The molecule has 2 N–H and O–H groups in total. The number of pyridine rings is 1. The highest BCUT2D eigenvalue weighted by Gasteiger charge is 2.14. The Morgan fingerprint density at radius 2 is 2.09 bits per heavy atom. The maximum absolute atomic E-state index is 12.6. The van der Waals surface area contributed by atoms with E-state index < -0.39 is 0 Å². The first kappa shape index (κ1) is 15.3. The summed E-state index contributed by atoms with van der Waals surface area (Å²) in [5, 5.41) is 6.89.